The molecule has 1 saturated carbocycles. The van der Waals surface area contributed by atoms with E-state index >= 15 is 0 Å². The van der Waals surface area contributed by atoms with Crippen molar-refractivity contribution < 1.29 is 23.1 Å². The highest BCUT2D eigenvalue weighted by atomic mass is 35.5. The summed E-state index contributed by atoms with van der Waals surface area (Å²) in [6.07, 6.45) is 8.21. The standard InChI is InChI=1S/C33H45ClN4O5S/c1-23-7-6-9-31(39)29-14-11-26(29)21-37-16-5-4-8-24-19-28(34)13-10-27(24)22-43-32-15-12-25(20-30(32)37)33(40)35-44(41,42)38(23)18-17-36(2)3/h6,9-10,12-13,15,19-20,23,26,29,31,39H,4-5,7-8,11,14,16-18,21-22H2,1-3H3,(H,35,40)/b9-6+/t23-,26-,29+,31?/m0/s1. The molecule has 0 saturated heterocycles. The molecule has 0 radical (unpaired) electrons. The Labute approximate surface area is 267 Å². The van der Waals surface area contributed by atoms with E-state index in [-0.39, 0.29) is 23.9 Å². The second kappa shape index (κ2) is 14.2. The van der Waals surface area contributed by atoms with Crippen molar-refractivity contribution in [3.63, 3.8) is 0 Å². The van der Waals surface area contributed by atoms with Gasteiger partial charge in [0.2, 0.25) is 0 Å². The zero-order valence-electron chi connectivity index (χ0n) is 25.9. The Bertz CT molecular complexity index is 1470. The number of fused-ring (bicyclic) bond motifs is 3. The van der Waals surface area contributed by atoms with Gasteiger partial charge in [-0.3, -0.25) is 4.79 Å². The number of nitrogens with zero attached hydrogens (tertiary/aromatic N) is 3. The molecule has 3 aliphatic rings. The Balaban J connectivity index is 1.53. The number of nitrogens with one attached hydrogen (secondary N) is 1. The zero-order valence-corrected chi connectivity index (χ0v) is 27.5. The van der Waals surface area contributed by atoms with Crippen LogP contribution in [0.25, 0.3) is 0 Å². The van der Waals surface area contributed by atoms with Crippen LogP contribution < -0.4 is 14.4 Å². The van der Waals surface area contributed by atoms with Gasteiger partial charge < -0.3 is 19.6 Å². The highest BCUT2D eigenvalue weighted by Crippen LogP contribution is 2.41. The van der Waals surface area contributed by atoms with Crippen molar-refractivity contribution in [1.82, 2.24) is 13.9 Å². The lowest BCUT2D eigenvalue weighted by Crippen LogP contribution is -2.49. The fourth-order valence-electron chi connectivity index (χ4n) is 6.42. The van der Waals surface area contributed by atoms with E-state index in [1.807, 2.05) is 56.3 Å². The lowest BCUT2D eigenvalue weighted by Gasteiger charge is -2.42. The summed E-state index contributed by atoms with van der Waals surface area (Å²) in [4.78, 5) is 17.7. The van der Waals surface area contributed by atoms with Gasteiger partial charge in [-0.05, 0) is 113 Å². The first kappa shape index (κ1) is 32.8. The number of ether oxygens (including phenoxy) is 1. The number of anilines is 1. The molecule has 240 valence electrons. The number of aryl methyl sites for hydroxylation is 1. The van der Waals surface area contributed by atoms with E-state index in [9.17, 15) is 18.3 Å². The fraction of sp³-hybridized carbons (Fsp3) is 0.545. The molecule has 2 aromatic rings. The molecule has 1 aliphatic carbocycles. The van der Waals surface area contributed by atoms with Gasteiger partial charge in [-0.2, -0.15) is 12.7 Å². The lowest BCUT2D eigenvalue weighted by atomic mass is 9.70. The van der Waals surface area contributed by atoms with Crippen molar-refractivity contribution in [1.29, 1.82) is 0 Å². The molecule has 2 aromatic carbocycles. The number of aliphatic hydroxyl groups excluding tert-OH is 1. The molecule has 5 rings (SSSR count). The number of halogens is 1. The molecule has 0 spiro atoms. The van der Waals surface area contributed by atoms with Crippen LogP contribution in [0.15, 0.2) is 48.6 Å². The van der Waals surface area contributed by atoms with E-state index in [1.165, 1.54) is 9.87 Å². The molecule has 1 amide bonds. The van der Waals surface area contributed by atoms with Crippen molar-refractivity contribution >= 4 is 33.4 Å². The number of benzene rings is 2. The van der Waals surface area contributed by atoms with Gasteiger partial charge in [-0.15, -0.1) is 0 Å². The molecule has 2 aliphatic heterocycles. The van der Waals surface area contributed by atoms with Crippen LogP contribution in [0.4, 0.5) is 5.69 Å². The Morgan fingerprint density at radius 2 is 1.93 bits per heavy atom. The van der Waals surface area contributed by atoms with E-state index in [1.54, 1.807) is 18.2 Å². The lowest BCUT2D eigenvalue weighted by molar-refractivity contribution is 0.0461. The van der Waals surface area contributed by atoms with Gasteiger partial charge in [0.1, 0.15) is 12.4 Å². The minimum atomic E-state index is -4.16. The number of likely N-dealkylation sites (N-methyl/N-ethyl adjacent to an activating group) is 1. The van der Waals surface area contributed by atoms with Crippen LogP contribution in [0, 0.1) is 11.8 Å². The van der Waals surface area contributed by atoms with E-state index in [0.717, 1.165) is 49.9 Å². The summed E-state index contributed by atoms with van der Waals surface area (Å²) < 4.78 is 37.3. The van der Waals surface area contributed by atoms with Crippen LogP contribution in [-0.2, 0) is 23.2 Å². The number of carbonyl (C=O) groups excluding carboxylic acids is 1. The maximum atomic E-state index is 13.6. The van der Waals surface area contributed by atoms with Gasteiger partial charge in [-0.1, -0.05) is 29.8 Å². The summed E-state index contributed by atoms with van der Waals surface area (Å²) in [5.41, 5.74) is 3.24. The summed E-state index contributed by atoms with van der Waals surface area (Å²) in [6, 6.07) is 10.6. The quantitative estimate of drug-likeness (QED) is 0.470. The van der Waals surface area contributed by atoms with E-state index in [4.69, 9.17) is 16.3 Å². The van der Waals surface area contributed by atoms with Crippen molar-refractivity contribution in [2.24, 2.45) is 11.8 Å². The number of aliphatic hydroxyl groups is 1. The second-order valence-corrected chi connectivity index (χ2v) is 14.7. The molecule has 2 N–H and O–H groups in total. The monoisotopic (exact) mass is 644 g/mol. The molecule has 44 heavy (non-hydrogen) atoms. The van der Waals surface area contributed by atoms with E-state index in [0.29, 0.717) is 36.9 Å². The molecule has 11 heteroatoms. The van der Waals surface area contributed by atoms with Gasteiger partial charge in [-0.25, -0.2) is 4.72 Å². The number of amides is 1. The molecule has 9 nitrogen and oxygen atoms in total. The molecular formula is C33H45ClN4O5S. The predicted molar refractivity (Wildman–Crippen MR) is 174 cm³/mol. The first-order valence-electron chi connectivity index (χ1n) is 15.6. The average Bonchev–Trinajstić information content (AvgIpc) is 2.97. The maximum absolute atomic E-state index is 13.6. The highest BCUT2D eigenvalue weighted by Gasteiger charge is 2.37. The Morgan fingerprint density at radius 3 is 2.68 bits per heavy atom. The third-order valence-corrected chi connectivity index (χ3v) is 11.0. The third-order valence-electron chi connectivity index (χ3n) is 9.21. The van der Waals surface area contributed by atoms with Crippen LogP contribution in [0.5, 0.6) is 5.75 Å². The summed E-state index contributed by atoms with van der Waals surface area (Å²) >= 11 is 6.32. The largest absolute Gasteiger partial charge is 0.487 e. The Hall–Kier alpha value is -2.63. The Morgan fingerprint density at radius 1 is 1.11 bits per heavy atom. The van der Waals surface area contributed by atoms with Gasteiger partial charge in [0.25, 0.3) is 5.91 Å². The predicted octanol–water partition coefficient (Wildman–Crippen LogP) is 4.64. The topological polar surface area (TPSA) is 102 Å². The summed E-state index contributed by atoms with van der Waals surface area (Å²) in [5, 5.41) is 11.9. The normalized spacial score (nSPS) is 27.1. The van der Waals surface area contributed by atoms with Gasteiger partial charge in [0.15, 0.2) is 0 Å². The second-order valence-electron chi connectivity index (χ2n) is 12.6. The molecule has 2 heterocycles. The van der Waals surface area contributed by atoms with Crippen LogP contribution >= 0.6 is 11.6 Å². The molecule has 1 unspecified atom stereocenters. The van der Waals surface area contributed by atoms with Crippen molar-refractivity contribution in [3.8, 4) is 5.75 Å². The number of hydrogen-bond donors (Lipinski definition) is 2. The van der Waals surface area contributed by atoms with Crippen LogP contribution in [0.1, 0.15) is 60.5 Å². The van der Waals surface area contributed by atoms with Crippen LogP contribution in [-0.4, -0.2) is 81.1 Å². The molecule has 0 aromatic heterocycles. The van der Waals surface area contributed by atoms with Crippen LogP contribution in [0.2, 0.25) is 5.02 Å². The number of carbonyl (C=O) groups is 1. The zero-order chi connectivity index (χ0) is 31.4. The number of rotatable bonds is 3. The number of hydrogen-bond acceptors (Lipinski definition) is 7. The molecule has 4 atom stereocenters. The summed E-state index contributed by atoms with van der Waals surface area (Å²) in [7, 11) is -0.404. The van der Waals surface area contributed by atoms with Crippen LogP contribution in [0.3, 0.4) is 0 Å². The minimum Gasteiger partial charge on any atom is -0.487 e. The van der Waals surface area contributed by atoms with Crippen molar-refractivity contribution in [2.45, 2.75) is 64.2 Å². The van der Waals surface area contributed by atoms with E-state index in [2.05, 4.69) is 9.62 Å². The fourth-order valence-corrected chi connectivity index (χ4v) is 7.97. The Kier molecular flexibility index (Phi) is 10.6. The highest BCUT2D eigenvalue weighted by molar-refractivity contribution is 7.87. The maximum Gasteiger partial charge on any atom is 0.304 e. The first-order chi connectivity index (χ1) is 21.0. The van der Waals surface area contributed by atoms with Crippen molar-refractivity contribution in [3.05, 3.63) is 70.3 Å². The summed E-state index contributed by atoms with van der Waals surface area (Å²) in [5.74, 6) is 0.349. The molecular weight excluding hydrogens is 600 g/mol. The SMILES string of the molecule is C[C@H]1C/C=C/C(O)[C@@H]2CC[C@H]2CN2CCCCc3cc(Cl)ccc3COc3ccc(cc32)C(=O)NS(=O)(=O)N1CCN(C)C. The average molecular weight is 645 g/mol. The smallest absolute Gasteiger partial charge is 0.304 e. The van der Waals surface area contributed by atoms with Gasteiger partial charge in [0.05, 0.1) is 11.8 Å². The minimum absolute atomic E-state index is 0.114. The van der Waals surface area contributed by atoms with Crippen molar-refractivity contribution in [2.75, 3.05) is 45.2 Å². The first-order valence-corrected chi connectivity index (χ1v) is 17.5. The molecule has 1 fully saturated rings. The van der Waals surface area contributed by atoms with Gasteiger partial charge in [0, 0.05) is 42.8 Å². The summed E-state index contributed by atoms with van der Waals surface area (Å²) in [6.45, 7) is 4.34. The van der Waals surface area contributed by atoms with E-state index < -0.39 is 28.3 Å². The van der Waals surface area contributed by atoms with Gasteiger partial charge >= 0.3 is 10.2 Å². The molecule has 2 bridgehead atoms. The third kappa shape index (κ3) is 7.77.